The highest BCUT2D eigenvalue weighted by molar-refractivity contribution is 7.92. The molecule has 0 radical (unpaired) electrons. The van der Waals surface area contributed by atoms with E-state index in [1.54, 1.807) is 4.90 Å². The average Bonchev–Trinajstić information content (AvgIpc) is 3.18. The van der Waals surface area contributed by atoms with Gasteiger partial charge in [0.05, 0.1) is 5.25 Å². The molecule has 1 aromatic rings. The fraction of sp³-hybridized carbons (Fsp3) is 0.600. The van der Waals surface area contributed by atoms with Gasteiger partial charge in [-0.1, -0.05) is 30.5 Å². The van der Waals surface area contributed by atoms with E-state index < -0.39 is 21.5 Å². The van der Waals surface area contributed by atoms with E-state index in [1.807, 2.05) is 31.2 Å². The van der Waals surface area contributed by atoms with Gasteiger partial charge < -0.3 is 10.2 Å². The smallest absolute Gasteiger partial charge is 0.253 e. The molecule has 1 saturated heterocycles. The fourth-order valence-electron chi connectivity index (χ4n) is 3.92. The Bertz CT molecular complexity index is 775. The fourth-order valence-corrected chi connectivity index (χ4v) is 5.66. The molecule has 2 fully saturated rings. The molecule has 27 heavy (non-hydrogen) atoms. The van der Waals surface area contributed by atoms with Gasteiger partial charge in [0.15, 0.2) is 9.84 Å². The molecule has 6 nitrogen and oxygen atoms in total. The van der Waals surface area contributed by atoms with Crippen LogP contribution in [0.15, 0.2) is 24.3 Å². The third kappa shape index (κ3) is 5.09. The molecule has 0 bridgehead atoms. The monoisotopic (exact) mass is 392 g/mol. The molecular formula is C20H28N2O4S. The summed E-state index contributed by atoms with van der Waals surface area (Å²) < 4.78 is 24.6. The second-order valence-electron chi connectivity index (χ2n) is 7.71. The van der Waals surface area contributed by atoms with E-state index >= 15 is 0 Å². The van der Waals surface area contributed by atoms with Crippen LogP contribution in [0.25, 0.3) is 0 Å². The van der Waals surface area contributed by atoms with E-state index in [4.69, 9.17) is 0 Å². The lowest BCUT2D eigenvalue weighted by Gasteiger charge is -2.32. The number of aryl methyl sites for hydroxylation is 1. The predicted octanol–water partition coefficient (Wildman–Crippen LogP) is 2.07. The Hall–Kier alpha value is -1.89. The molecule has 3 rings (SSSR count). The van der Waals surface area contributed by atoms with Crippen LogP contribution in [0.3, 0.4) is 0 Å². The van der Waals surface area contributed by atoms with E-state index in [1.165, 1.54) is 0 Å². The molecule has 1 aliphatic heterocycles. The van der Waals surface area contributed by atoms with Gasteiger partial charge in [-0.3, -0.25) is 9.59 Å². The van der Waals surface area contributed by atoms with Crippen molar-refractivity contribution >= 4 is 21.7 Å². The third-order valence-corrected chi connectivity index (χ3v) is 7.74. The molecule has 1 aromatic carbocycles. The number of amides is 2. The number of nitrogens with one attached hydrogen (secondary N) is 1. The van der Waals surface area contributed by atoms with Crippen LogP contribution < -0.4 is 5.32 Å². The first-order valence-electron chi connectivity index (χ1n) is 9.72. The zero-order valence-corrected chi connectivity index (χ0v) is 16.6. The third-order valence-electron chi connectivity index (χ3n) is 5.59. The van der Waals surface area contributed by atoms with E-state index in [0.29, 0.717) is 44.3 Å². The van der Waals surface area contributed by atoms with Gasteiger partial charge in [0.2, 0.25) is 5.91 Å². The van der Waals surface area contributed by atoms with Crippen molar-refractivity contribution in [3.8, 4) is 0 Å². The van der Waals surface area contributed by atoms with E-state index in [-0.39, 0.29) is 17.2 Å². The van der Waals surface area contributed by atoms with Crippen LogP contribution in [0.1, 0.15) is 54.4 Å². The molecule has 7 heteroatoms. The van der Waals surface area contributed by atoms with Gasteiger partial charge in [0.25, 0.3) is 5.91 Å². The summed E-state index contributed by atoms with van der Waals surface area (Å²) in [7, 11) is -3.35. The van der Waals surface area contributed by atoms with Gasteiger partial charge in [0.1, 0.15) is 5.75 Å². The van der Waals surface area contributed by atoms with Crippen molar-refractivity contribution < 1.29 is 18.0 Å². The first kappa shape index (κ1) is 19.9. The minimum atomic E-state index is -3.35. The molecular weight excluding hydrogens is 364 g/mol. The minimum absolute atomic E-state index is 0.00332. The second kappa shape index (κ2) is 8.42. The average molecular weight is 393 g/mol. The number of carbonyl (C=O) groups is 2. The quantitative estimate of drug-likeness (QED) is 0.831. The van der Waals surface area contributed by atoms with Crippen molar-refractivity contribution in [2.75, 3.05) is 18.8 Å². The number of piperidine rings is 1. The molecule has 0 atom stereocenters. The normalized spacial score (nSPS) is 19.2. The Morgan fingerprint density at radius 1 is 1.04 bits per heavy atom. The van der Waals surface area contributed by atoms with Crippen LogP contribution in [0.5, 0.6) is 0 Å². The lowest BCUT2D eigenvalue weighted by Crippen LogP contribution is -2.48. The van der Waals surface area contributed by atoms with Gasteiger partial charge in [-0.2, -0.15) is 0 Å². The Kier molecular flexibility index (Phi) is 6.19. The summed E-state index contributed by atoms with van der Waals surface area (Å²) in [6.07, 6.45) is 4.50. The summed E-state index contributed by atoms with van der Waals surface area (Å²) in [5, 5.41) is 2.50. The highest BCUT2D eigenvalue weighted by atomic mass is 32.2. The standard InChI is InChI=1S/C20H28N2O4S/c1-15-6-8-16(9-7-15)20(24)22-12-10-17(11-13-22)21-19(23)14-27(25,26)18-4-2-3-5-18/h6-9,17-18H,2-5,10-14H2,1H3,(H,21,23). The molecule has 148 valence electrons. The van der Waals surface area contributed by atoms with Crippen LogP contribution in [0, 0.1) is 6.92 Å². The maximum Gasteiger partial charge on any atom is 0.253 e. The summed E-state index contributed by atoms with van der Waals surface area (Å²) in [5.74, 6) is -0.825. The maximum absolute atomic E-state index is 12.5. The minimum Gasteiger partial charge on any atom is -0.352 e. The van der Waals surface area contributed by atoms with Crippen LogP contribution in [-0.4, -0.2) is 55.3 Å². The molecule has 1 aliphatic carbocycles. The summed E-state index contributed by atoms with van der Waals surface area (Å²) in [4.78, 5) is 26.5. The number of rotatable bonds is 5. The van der Waals surface area contributed by atoms with Gasteiger partial charge in [0, 0.05) is 24.7 Å². The Labute approximate surface area is 161 Å². The maximum atomic E-state index is 12.5. The molecule has 0 aromatic heterocycles. The van der Waals surface area contributed by atoms with Crippen molar-refractivity contribution in [2.24, 2.45) is 0 Å². The summed E-state index contributed by atoms with van der Waals surface area (Å²) in [6.45, 7) is 3.11. The molecule has 0 unspecified atom stereocenters. The van der Waals surface area contributed by atoms with Gasteiger partial charge >= 0.3 is 0 Å². The van der Waals surface area contributed by atoms with Crippen LogP contribution in [-0.2, 0) is 14.6 Å². The first-order chi connectivity index (χ1) is 12.8. The predicted molar refractivity (Wildman–Crippen MR) is 104 cm³/mol. The largest absolute Gasteiger partial charge is 0.352 e. The molecule has 2 aliphatic rings. The van der Waals surface area contributed by atoms with Crippen LogP contribution in [0.4, 0.5) is 0 Å². The van der Waals surface area contributed by atoms with Crippen molar-refractivity contribution in [3.05, 3.63) is 35.4 Å². The number of hydrogen-bond donors (Lipinski definition) is 1. The summed E-state index contributed by atoms with van der Waals surface area (Å²) in [6, 6.07) is 7.44. The van der Waals surface area contributed by atoms with E-state index in [2.05, 4.69) is 5.32 Å². The lowest BCUT2D eigenvalue weighted by molar-refractivity contribution is -0.119. The summed E-state index contributed by atoms with van der Waals surface area (Å²) in [5.41, 5.74) is 1.78. The first-order valence-corrected chi connectivity index (χ1v) is 11.4. The van der Waals surface area contributed by atoms with Crippen LogP contribution in [0.2, 0.25) is 0 Å². The molecule has 1 saturated carbocycles. The van der Waals surface area contributed by atoms with Gasteiger partial charge in [-0.15, -0.1) is 0 Å². The number of sulfone groups is 1. The number of nitrogens with zero attached hydrogens (tertiary/aromatic N) is 1. The molecule has 1 heterocycles. The van der Waals surface area contributed by atoms with Crippen molar-refractivity contribution in [1.29, 1.82) is 0 Å². The Morgan fingerprint density at radius 2 is 1.63 bits per heavy atom. The van der Waals surface area contributed by atoms with Crippen molar-refractivity contribution in [1.82, 2.24) is 10.2 Å². The summed E-state index contributed by atoms with van der Waals surface area (Å²) >= 11 is 0. The number of hydrogen-bond acceptors (Lipinski definition) is 4. The number of carbonyl (C=O) groups excluding carboxylic acids is 2. The van der Waals surface area contributed by atoms with Crippen LogP contribution >= 0.6 is 0 Å². The molecule has 2 amide bonds. The highest BCUT2D eigenvalue weighted by Crippen LogP contribution is 2.25. The lowest BCUT2D eigenvalue weighted by atomic mass is 10.0. The van der Waals surface area contributed by atoms with E-state index in [0.717, 1.165) is 18.4 Å². The molecule has 0 spiro atoms. The van der Waals surface area contributed by atoms with Crippen molar-refractivity contribution in [2.45, 2.75) is 56.7 Å². The molecule has 1 N–H and O–H groups in total. The Balaban J connectivity index is 1.47. The topological polar surface area (TPSA) is 83.6 Å². The van der Waals surface area contributed by atoms with Gasteiger partial charge in [-0.25, -0.2) is 8.42 Å². The van der Waals surface area contributed by atoms with Gasteiger partial charge in [-0.05, 0) is 44.7 Å². The zero-order valence-electron chi connectivity index (χ0n) is 15.8. The second-order valence-corrected chi connectivity index (χ2v) is 9.99. The number of benzene rings is 1. The van der Waals surface area contributed by atoms with Crippen molar-refractivity contribution in [3.63, 3.8) is 0 Å². The highest BCUT2D eigenvalue weighted by Gasteiger charge is 2.32. The SMILES string of the molecule is Cc1ccc(C(=O)N2CCC(NC(=O)CS(=O)(=O)C3CCCC3)CC2)cc1. The number of likely N-dealkylation sites (tertiary alicyclic amines) is 1. The zero-order chi connectivity index (χ0) is 19.4. The van der Waals surface area contributed by atoms with E-state index in [9.17, 15) is 18.0 Å². The Morgan fingerprint density at radius 3 is 2.22 bits per heavy atom.